The number of aromatic nitrogens is 1. The van der Waals surface area contributed by atoms with Crippen LogP contribution in [0.15, 0.2) is 42.6 Å². The van der Waals surface area contributed by atoms with E-state index in [4.69, 9.17) is 9.47 Å². The van der Waals surface area contributed by atoms with Crippen molar-refractivity contribution in [3.05, 3.63) is 42.6 Å². The zero-order valence-electron chi connectivity index (χ0n) is 32.2. The van der Waals surface area contributed by atoms with Gasteiger partial charge in [0.05, 0.1) is 13.7 Å². The van der Waals surface area contributed by atoms with E-state index in [1.165, 1.54) is 9.80 Å². The highest BCUT2D eigenvalue weighted by atomic mass is 32.2. The number of allylic oxidation sites excluding steroid dienone is 1. The monoisotopic (exact) mass is 785 g/mol. The second kappa shape index (κ2) is 14.9. The summed E-state index contributed by atoms with van der Waals surface area (Å²) in [6, 6.07) is 4.77. The molecule has 2 aliphatic carbocycles. The Morgan fingerprint density at radius 2 is 1.89 bits per heavy atom. The smallest absolute Gasteiger partial charge is 0.408 e. The zero-order chi connectivity index (χ0) is 40.1. The molecule has 1 aromatic carbocycles. The van der Waals surface area contributed by atoms with E-state index >= 15 is 0 Å². The molecule has 7 atom stereocenters. The van der Waals surface area contributed by atoms with E-state index < -0.39 is 79.8 Å². The number of carbonyl (C=O) groups is 4. The Labute approximate surface area is 321 Å². The Morgan fingerprint density at radius 3 is 2.55 bits per heavy atom. The quantitative estimate of drug-likeness (QED) is 0.315. The normalized spacial score (nSPS) is 29.5. The number of carbonyl (C=O) groups excluding carboxylic acids is 3. The highest BCUT2D eigenvalue weighted by Gasteiger charge is 2.64. The number of carboxylic acid groups (broad SMARTS) is 1. The van der Waals surface area contributed by atoms with Gasteiger partial charge in [0.15, 0.2) is 0 Å². The molecule has 0 radical (unpaired) electrons. The number of fused-ring (bicyclic) bond motifs is 3. The van der Waals surface area contributed by atoms with E-state index in [-0.39, 0.29) is 50.6 Å². The summed E-state index contributed by atoms with van der Waals surface area (Å²) in [6.07, 6.45) is 4.52. The molecule has 55 heavy (non-hydrogen) atoms. The van der Waals surface area contributed by atoms with Gasteiger partial charge in [-0.2, -0.15) is 0 Å². The maximum absolute atomic E-state index is 15.0. The topological polar surface area (TPSA) is 185 Å². The average molecular weight is 786 g/mol. The Morgan fingerprint density at radius 1 is 1.16 bits per heavy atom. The van der Waals surface area contributed by atoms with Crippen molar-refractivity contribution in [3.8, 4) is 11.6 Å². The molecule has 6 rings (SSSR count). The third-order valence-corrected chi connectivity index (χ3v) is 13.0. The number of sulfonamides is 1. The average Bonchev–Trinajstić information content (AvgIpc) is 3.99. The van der Waals surface area contributed by atoms with E-state index in [0.717, 1.165) is 5.39 Å². The molecule has 0 bridgehead atoms. The molecule has 2 saturated carbocycles. The van der Waals surface area contributed by atoms with Gasteiger partial charge in [0.2, 0.25) is 22.7 Å². The van der Waals surface area contributed by atoms with Gasteiger partial charge in [0, 0.05) is 43.3 Å². The van der Waals surface area contributed by atoms with E-state index in [9.17, 15) is 37.1 Å². The van der Waals surface area contributed by atoms with E-state index in [1.54, 1.807) is 37.6 Å². The maximum Gasteiger partial charge on any atom is 0.408 e. The van der Waals surface area contributed by atoms with Gasteiger partial charge in [-0.1, -0.05) is 46.8 Å². The Bertz CT molecular complexity index is 1980. The molecule has 2 aliphatic heterocycles. The van der Waals surface area contributed by atoms with Gasteiger partial charge in [0.1, 0.15) is 29.5 Å². The van der Waals surface area contributed by atoms with Crippen LogP contribution in [-0.4, -0.2) is 101 Å². The molecule has 300 valence electrons. The lowest BCUT2D eigenvalue weighted by Crippen LogP contribution is -2.60. The maximum atomic E-state index is 15.0. The number of nitrogens with zero attached hydrogens (tertiary/aromatic N) is 3. The highest BCUT2D eigenvalue weighted by molar-refractivity contribution is 7.91. The molecule has 2 aromatic rings. The third kappa shape index (κ3) is 8.38. The first-order valence-electron chi connectivity index (χ1n) is 18.9. The summed E-state index contributed by atoms with van der Waals surface area (Å²) in [4.78, 5) is 63.2. The minimum atomic E-state index is -4.68. The summed E-state index contributed by atoms with van der Waals surface area (Å²) in [5, 5.41) is 12.2. The molecular weight excluding hydrogens is 734 g/mol. The Kier molecular flexibility index (Phi) is 10.9. The Hall–Kier alpha value is -4.47. The van der Waals surface area contributed by atoms with Crippen molar-refractivity contribution in [1.82, 2.24) is 24.8 Å². The number of hydrogen-bond acceptors (Lipinski definition) is 9. The van der Waals surface area contributed by atoms with Crippen molar-refractivity contribution < 1.29 is 46.6 Å². The molecule has 1 saturated heterocycles. The number of benzene rings is 1. The largest absolute Gasteiger partial charge is 0.497 e. The summed E-state index contributed by atoms with van der Waals surface area (Å²) in [7, 11) is -3.12. The molecule has 1 aromatic heterocycles. The van der Waals surface area contributed by atoms with Crippen LogP contribution in [0.3, 0.4) is 0 Å². The van der Waals surface area contributed by atoms with Crippen LogP contribution in [0, 0.1) is 23.2 Å². The molecule has 3 N–H and O–H groups in total. The van der Waals surface area contributed by atoms with Crippen molar-refractivity contribution in [2.45, 2.75) is 108 Å². The third-order valence-electron chi connectivity index (χ3n) is 11.2. The van der Waals surface area contributed by atoms with Gasteiger partial charge in [-0.15, -0.1) is 0 Å². The second-order valence-corrected chi connectivity index (χ2v) is 19.0. The van der Waals surface area contributed by atoms with E-state index in [2.05, 4.69) is 10.3 Å². The molecule has 16 heteroatoms. The highest BCUT2D eigenvalue weighted by Crippen LogP contribution is 2.48. The van der Waals surface area contributed by atoms with Gasteiger partial charge in [-0.25, -0.2) is 27.3 Å². The van der Waals surface area contributed by atoms with Gasteiger partial charge in [0.25, 0.3) is 15.9 Å². The number of halogens is 1. The zero-order valence-corrected chi connectivity index (χ0v) is 33.0. The SMILES string of the molecule is COc1ccc2c(O[C@@H]3C[C@H]4C(=O)N[C@]5(C(=O)NS(=O)(=O)C6(F)CC6)C[C@H]5C=CCC[C@@H](C)C[C@@H](C)[C@H](N(CC(C)(C)C)C(=O)O)C(=O)N4C3)nccc2c1. The van der Waals surface area contributed by atoms with Crippen LogP contribution in [0.5, 0.6) is 11.6 Å². The van der Waals surface area contributed by atoms with Crippen molar-refractivity contribution in [3.63, 3.8) is 0 Å². The van der Waals surface area contributed by atoms with Crippen molar-refractivity contribution >= 4 is 44.6 Å². The number of methoxy groups -OCH3 is 1. The van der Waals surface area contributed by atoms with E-state index in [1.807, 2.05) is 51.5 Å². The summed E-state index contributed by atoms with van der Waals surface area (Å²) in [6.45, 7) is 9.47. The first kappa shape index (κ1) is 40.2. The summed E-state index contributed by atoms with van der Waals surface area (Å²) < 4.78 is 54.1. The van der Waals surface area contributed by atoms with E-state index in [0.29, 0.717) is 30.4 Å². The van der Waals surface area contributed by atoms with Crippen molar-refractivity contribution in [2.75, 3.05) is 20.2 Å². The first-order valence-corrected chi connectivity index (χ1v) is 20.4. The summed E-state index contributed by atoms with van der Waals surface area (Å²) in [5.41, 5.74) is -2.23. The van der Waals surface area contributed by atoms with Crippen LogP contribution in [0.4, 0.5) is 9.18 Å². The lowest BCUT2D eigenvalue weighted by Gasteiger charge is -2.40. The fraction of sp³-hybridized carbons (Fsp3) is 0.615. The van der Waals surface area contributed by atoms with Crippen LogP contribution in [0.2, 0.25) is 0 Å². The van der Waals surface area contributed by atoms with Crippen LogP contribution in [0.1, 0.15) is 79.6 Å². The predicted octanol–water partition coefficient (Wildman–Crippen LogP) is 4.78. The number of hydrogen-bond donors (Lipinski definition) is 3. The van der Waals surface area contributed by atoms with Crippen LogP contribution in [-0.2, 0) is 24.4 Å². The molecule has 3 heterocycles. The first-order chi connectivity index (χ1) is 25.8. The molecule has 4 amide bonds. The lowest BCUT2D eigenvalue weighted by atomic mass is 9.86. The van der Waals surface area contributed by atoms with Crippen LogP contribution >= 0.6 is 0 Å². The van der Waals surface area contributed by atoms with Gasteiger partial charge in [-0.05, 0) is 72.6 Å². The number of amides is 4. The van der Waals surface area contributed by atoms with Crippen molar-refractivity contribution in [1.29, 1.82) is 0 Å². The predicted molar refractivity (Wildman–Crippen MR) is 201 cm³/mol. The van der Waals surface area contributed by atoms with Gasteiger partial charge >= 0.3 is 6.09 Å². The minimum Gasteiger partial charge on any atom is -0.497 e. The number of alkyl halides is 1. The number of ether oxygens (including phenoxy) is 2. The fourth-order valence-electron chi connectivity index (χ4n) is 8.01. The number of nitrogens with one attached hydrogen (secondary N) is 2. The number of rotatable bonds is 8. The van der Waals surface area contributed by atoms with Gasteiger partial charge in [-0.3, -0.25) is 19.3 Å². The molecule has 3 fully saturated rings. The lowest BCUT2D eigenvalue weighted by molar-refractivity contribution is -0.145. The van der Waals surface area contributed by atoms with Gasteiger partial charge < -0.3 is 24.8 Å². The molecule has 4 aliphatic rings. The van der Waals surface area contributed by atoms with Crippen LogP contribution < -0.4 is 19.5 Å². The molecule has 0 spiro atoms. The fourth-order valence-corrected chi connectivity index (χ4v) is 9.26. The molecule has 0 unspecified atom stereocenters. The molecule has 14 nitrogen and oxygen atoms in total. The summed E-state index contributed by atoms with van der Waals surface area (Å²) >= 11 is 0. The number of pyridine rings is 1. The second-order valence-electron chi connectivity index (χ2n) is 17.0. The van der Waals surface area contributed by atoms with Crippen LogP contribution in [0.25, 0.3) is 10.8 Å². The Balaban J connectivity index is 1.39. The molecular formula is C39H52FN5O9S. The standard InChI is InChI=1S/C39H52FN5O9S/c1-23-9-7-8-10-26-20-39(26,35(48)43-55(51,52)38(40)14-15-38)42-32(46)30-19-28(54-33-29-12-11-27(53-6)18-25(29)13-16-41-33)21-44(30)34(47)31(24(2)17-23)45(36(49)50)22-37(3,4)5/h8,10-13,16,18,23-24,26,28,30-31H,7,9,14-15,17,19-22H2,1-6H3,(H,42,46)(H,43,48)(H,49,50)/t23-,24-,26-,28-,30+,31+,39-/m1/s1. The minimum absolute atomic E-state index is 0.0419. The summed E-state index contributed by atoms with van der Waals surface area (Å²) in [5.74, 6) is -2.45. The van der Waals surface area contributed by atoms with Crippen molar-refractivity contribution in [2.24, 2.45) is 23.2 Å².